The van der Waals surface area contributed by atoms with Crippen LogP contribution < -0.4 is 49.1 Å². The van der Waals surface area contributed by atoms with Crippen LogP contribution in [0.25, 0.3) is 32.7 Å². The van der Waals surface area contributed by atoms with Crippen LogP contribution in [-0.2, 0) is 48.0 Å². The van der Waals surface area contributed by atoms with Crippen molar-refractivity contribution in [2.24, 2.45) is 17.2 Å². The summed E-state index contributed by atoms with van der Waals surface area (Å²) in [6.45, 7) is 6.27. The molecule has 18 nitrogen and oxygen atoms in total. The molecule has 0 unspecified atom stereocenters. The fraction of sp³-hybridized carbons (Fsp3) is 0.250. The Bertz CT molecular complexity index is 3360. The van der Waals surface area contributed by atoms with E-state index in [9.17, 15) is 28.8 Å². The van der Waals surface area contributed by atoms with E-state index in [2.05, 4.69) is 46.9 Å². The molecule has 0 radical (unpaired) electrons. The van der Waals surface area contributed by atoms with Gasteiger partial charge in [-0.25, -0.2) is 0 Å². The Balaban J connectivity index is 0.911. The van der Waals surface area contributed by atoms with E-state index in [0.29, 0.717) is 17.1 Å². The molecule has 6 aromatic carbocycles. The summed E-state index contributed by atoms with van der Waals surface area (Å²) in [5.74, 6) is -2.55. The van der Waals surface area contributed by atoms with Crippen LogP contribution in [0, 0.1) is 20.8 Å². The number of benzene rings is 6. The number of nitrogens with one attached hydrogen (secondary N) is 9. The number of para-hydroxylation sites is 3. The number of aryl methyl sites for hydroxylation is 3. The van der Waals surface area contributed by atoms with Gasteiger partial charge >= 0.3 is 0 Å². The zero-order valence-corrected chi connectivity index (χ0v) is 46.2. The summed E-state index contributed by atoms with van der Waals surface area (Å²) in [5, 5.41) is 20.4. The quantitative estimate of drug-likeness (QED) is 0.0270. The molecule has 3 aromatic heterocycles. The van der Waals surface area contributed by atoms with Crippen molar-refractivity contribution in [2.45, 2.75) is 83.3 Å². The number of hydrogen-bond donors (Lipinski definition) is 12. The smallest absolute Gasteiger partial charge is 0.246 e. The van der Waals surface area contributed by atoms with E-state index in [-0.39, 0.29) is 75.9 Å². The molecule has 0 spiro atoms. The normalized spacial score (nSPS) is 12.5. The van der Waals surface area contributed by atoms with Crippen molar-refractivity contribution >= 4 is 85.2 Å². The van der Waals surface area contributed by atoms with E-state index in [1.54, 1.807) is 36.4 Å². The van der Waals surface area contributed by atoms with Gasteiger partial charge in [0.25, 0.3) is 0 Å². The number of aromatic amines is 3. The molecule has 0 fully saturated rings. The average Bonchev–Trinajstić information content (AvgIpc) is 4.20. The molecule has 3 atom stereocenters. The van der Waals surface area contributed by atoms with Gasteiger partial charge < -0.3 is 64.1 Å². The molecule has 3 heterocycles. The SMILES string of the molecule is Cc1[nH]c2ccccc2c1CC(=O)N[C@@H](CCN)C(=O)Nc1ccc(C(c2ccc(NC(=O)[C@H](CCN)NC(=O)Cc3c(C)[nH]c4ccccc34)cc2)c2ccc(NC(=O)[C@H](CCN)NC(=O)Cc3c(C)[nH]c4ccccc34)cc2)cc1. The average molecular weight is 1100 g/mol. The van der Waals surface area contributed by atoms with Crippen LogP contribution in [0.1, 0.15) is 75.6 Å². The summed E-state index contributed by atoms with van der Waals surface area (Å²) in [6, 6.07) is 42.8. The van der Waals surface area contributed by atoms with Gasteiger partial charge in [-0.1, -0.05) is 91.0 Å². The Morgan fingerprint density at radius 1 is 0.378 bits per heavy atom. The maximum Gasteiger partial charge on any atom is 0.246 e. The molecular weight excluding hydrogens is 1030 g/mol. The van der Waals surface area contributed by atoms with Gasteiger partial charge in [-0.3, -0.25) is 28.8 Å². The van der Waals surface area contributed by atoms with Gasteiger partial charge in [0.05, 0.1) is 19.3 Å². The van der Waals surface area contributed by atoms with Crippen LogP contribution in [-0.4, -0.2) is 88.2 Å². The molecule has 15 N–H and O–H groups in total. The van der Waals surface area contributed by atoms with Gasteiger partial charge in [0.2, 0.25) is 35.4 Å². The summed E-state index contributed by atoms with van der Waals surface area (Å²) in [5.41, 5.74) is 29.9. The molecule has 0 saturated carbocycles. The summed E-state index contributed by atoms with van der Waals surface area (Å²) < 4.78 is 0. The van der Waals surface area contributed by atoms with Crippen molar-refractivity contribution < 1.29 is 28.8 Å². The molecule has 422 valence electrons. The highest BCUT2D eigenvalue weighted by molar-refractivity contribution is 6.01. The molecule has 18 heteroatoms. The van der Waals surface area contributed by atoms with Crippen molar-refractivity contribution in [1.29, 1.82) is 0 Å². The number of aromatic nitrogens is 3. The molecule has 0 aliphatic carbocycles. The lowest BCUT2D eigenvalue weighted by Gasteiger charge is -2.22. The monoisotopic (exact) mass is 1100 g/mol. The molecule has 0 bridgehead atoms. The van der Waals surface area contributed by atoms with Gasteiger partial charge in [0.15, 0.2) is 0 Å². The van der Waals surface area contributed by atoms with Gasteiger partial charge in [-0.05, 0) is 148 Å². The number of H-pyrrole nitrogens is 3. The lowest BCUT2D eigenvalue weighted by Crippen LogP contribution is -2.45. The summed E-state index contributed by atoms with van der Waals surface area (Å²) in [4.78, 5) is 91.6. The Labute approximate surface area is 475 Å². The number of carbonyl (C=O) groups is 6. The molecule has 0 aliphatic heterocycles. The third-order valence-corrected chi connectivity index (χ3v) is 14.9. The fourth-order valence-corrected chi connectivity index (χ4v) is 10.8. The standard InChI is InChI=1S/C64H70N12O6/c1-37-49(46-10-4-7-13-52(46)68-37)34-58(77)74-55(28-31-65)62(80)71-43-22-16-40(17-23-43)61(41-18-24-44(25-19-41)72-63(81)56(29-32-66)75-59(78)35-50-38(2)69-53-14-8-5-11-47(50)53)42-20-26-45(27-21-42)73-64(82)57(30-33-67)76-60(79)36-51-39(3)70-54-15-9-6-12-48(51)54/h4-27,55-57,61,68-70H,28-36,65-67H2,1-3H3,(H,71,80)(H,72,81)(H,73,82)(H,74,77)(H,75,78)(H,76,79)/t55-,56-,57-/m0/s1. The minimum absolute atomic E-state index is 0.0841. The topological polar surface area (TPSA) is 300 Å². The molecular formula is C64H70N12O6. The summed E-state index contributed by atoms with van der Waals surface area (Å²) in [7, 11) is 0. The number of anilines is 3. The zero-order chi connectivity index (χ0) is 57.9. The number of nitrogens with two attached hydrogens (primary N) is 3. The lowest BCUT2D eigenvalue weighted by molar-refractivity contribution is -0.126. The van der Waals surface area contributed by atoms with Crippen molar-refractivity contribution in [3.05, 3.63) is 196 Å². The van der Waals surface area contributed by atoms with Crippen LogP contribution >= 0.6 is 0 Å². The van der Waals surface area contributed by atoms with Gasteiger partial charge in [-0.15, -0.1) is 0 Å². The molecule has 0 saturated heterocycles. The van der Waals surface area contributed by atoms with Crippen LogP contribution in [0.2, 0.25) is 0 Å². The van der Waals surface area contributed by atoms with E-state index in [0.717, 1.165) is 83.2 Å². The van der Waals surface area contributed by atoms with Crippen LogP contribution in [0.3, 0.4) is 0 Å². The second-order valence-corrected chi connectivity index (χ2v) is 20.7. The Morgan fingerprint density at radius 3 is 0.890 bits per heavy atom. The van der Waals surface area contributed by atoms with Crippen molar-refractivity contribution in [3.63, 3.8) is 0 Å². The second-order valence-electron chi connectivity index (χ2n) is 20.7. The first kappa shape index (κ1) is 57.3. The predicted octanol–water partition coefficient (Wildman–Crippen LogP) is 7.28. The molecule has 6 amide bonds. The fourth-order valence-electron chi connectivity index (χ4n) is 10.8. The lowest BCUT2D eigenvalue weighted by atomic mass is 9.85. The highest BCUT2D eigenvalue weighted by Gasteiger charge is 2.26. The highest BCUT2D eigenvalue weighted by Crippen LogP contribution is 2.35. The third kappa shape index (κ3) is 13.6. The first-order valence-electron chi connectivity index (χ1n) is 27.6. The molecule has 0 aliphatic rings. The van der Waals surface area contributed by atoms with Crippen molar-refractivity contribution in [1.82, 2.24) is 30.9 Å². The predicted molar refractivity (Wildman–Crippen MR) is 323 cm³/mol. The maximum atomic E-state index is 13.8. The molecule has 9 rings (SSSR count). The van der Waals surface area contributed by atoms with Gasteiger partial charge in [0, 0.05) is 72.8 Å². The highest BCUT2D eigenvalue weighted by atomic mass is 16.2. The number of hydrogen-bond acceptors (Lipinski definition) is 9. The number of amides is 6. The van der Waals surface area contributed by atoms with Crippen LogP contribution in [0.15, 0.2) is 146 Å². The third-order valence-electron chi connectivity index (χ3n) is 14.9. The van der Waals surface area contributed by atoms with E-state index >= 15 is 0 Å². The summed E-state index contributed by atoms with van der Waals surface area (Å²) in [6.07, 6.45) is 0.916. The first-order valence-corrected chi connectivity index (χ1v) is 27.6. The maximum absolute atomic E-state index is 13.8. The first-order chi connectivity index (χ1) is 39.7. The zero-order valence-electron chi connectivity index (χ0n) is 46.2. The number of rotatable bonds is 24. The van der Waals surface area contributed by atoms with Crippen molar-refractivity contribution in [3.8, 4) is 0 Å². The number of fused-ring (bicyclic) bond motifs is 3. The van der Waals surface area contributed by atoms with Gasteiger partial charge in [-0.2, -0.15) is 0 Å². The second kappa shape index (κ2) is 26.3. The van der Waals surface area contributed by atoms with E-state index in [1.807, 2.05) is 130 Å². The van der Waals surface area contributed by atoms with Crippen LogP contribution in [0.5, 0.6) is 0 Å². The van der Waals surface area contributed by atoms with E-state index < -0.39 is 41.8 Å². The van der Waals surface area contributed by atoms with Crippen LogP contribution in [0.4, 0.5) is 17.1 Å². The molecule has 82 heavy (non-hydrogen) atoms. The Hall–Kier alpha value is -9.36. The minimum atomic E-state index is -0.888. The van der Waals surface area contributed by atoms with E-state index in [1.165, 1.54) is 0 Å². The van der Waals surface area contributed by atoms with E-state index in [4.69, 9.17) is 17.2 Å². The minimum Gasteiger partial charge on any atom is -0.358 e. The Morgan fingerprint density at radius 2 is 0.634 bits per heavy atom. The van der Waals surface area contributed by atoms with Crippen molar-refractivity contribution in [2.75, 3.05) is 35.6 Å². The summed E-state index contributed by atoms with van der Waals surface area (Å²) >= 11 is 0. The largest absolute Gasteiger partial charge is 0.358 e. The molecule has 9 aromatic rings. The Kier molecular flexibility index (Phi) is 18.4. The van der Waals surface area contributed by atoms with Gasteiger partial charge in [0.1, 0.15) is 18.1 Å². The number of carbonyl (C=O) groups excluding carboxylic acids is 6.